The second-order valence-corrected chi connectivity index (χ2v) is 6.55. The molecule has 2 amide bonds. The van der Waals surface area contributed by atoms with Gasteiger partial charge in [-0.05, 0) is 24.6 Å². The van der Waals surface area contributed by atoms with Gasteiger partial charge in [0.15, 0.2) is 5.76 Å². The maximum absolute atomic E-state index is 12.7. The van der Waals surface area contributed by atoms with E-state index in [-0.39, 0.29) is 12.6 Å². The molecule has 2 heterocycles. The SMILES string of the molecule is Cc1cc(CN2CCN(C(=O)NCc3cccc(C(F)(F)F)c3)CC2)on1. The molecule has 6 nitrogen and oxygen atoms in total. The van der Waals surface area contributed by atoms with Crippen molar-refractivity contribution in [1.82, 2.24) is 20.3 Å². The van der Waals surface area contributed by atoms with E-state index < -0.39 is 11.7 Å². The number of carbonyl (C=O) groups excluding carboxylic acids is 1. The van der Waals surface area contributed by atoms with Crippen molar-refractivity contribution in [2.75, 3.05) is 26.2 Å². The van der Waals surface area contributed by atoms with Crippen molar-refractivity contribution in [3.05, 3.63) is 52.9 Å². The third kappa shape index (κ3) is 5.22. The van der Waals surface area contributed by atoms with Gasteiger partial charge in [-0.15, -0.1) is 0 Å². The first kappa shape index (κ1) is 19.2. The topological polar surface area (TPSA) is 61.6 Å². The molecule has 1 aliphatic rings. The molecule has 1 aromatic heterocycles. The van der Waals surface area contributed by atoms with Crippen LogP contribution in [-0.4, -0.2) is 47.2 Å². The summed E-state index contributed by atoms with van der Waals surface area (Å²) in [5.74, 6) is 0.787. The molecule has 1 aromatic carbocycles. The lowest BCUT2D eigenvalue weighted by Crippen LogP contribution is -2.51. The summed E-state index contributed by atoms with van der Waals surface area (Å²) < 4.78 is 43.4. The van der Waals surface area contributed by atoms with Crippen molar-refractivity contribution in [3.8, 4) is 0 Å². The number of piperazine rings is 1. The number of hydrogen-bond acceptors (Lipinski definition) is 4. The summed E-state index contributed by atoms with van der Waals surface area (Å²) in [6.45, 7) is 5.02. The molecule has 0 saturated carbocycles. The average Bonchev–Trinajstić information content (AvgIpc) is 3.04. The minimum absolute atomic E-state index is 0.0559. The molecule has 0 bridgehead atoms. The Morgan fingerprint density at radius 2 is 1.96 bits per heavy atom. The second kappa shape index (κ2) is 7.99. The molecular weight excluding hydrogens is 361 g/mol. The molecule has 9 heteroatoms. The van der Waals surface area contributed by atoms with Crippen molar-refractivity contribution in [2.45, 2.75) is 26.2 Å². The maximum atomic E-state index is 12.7. The van der Waals surface area contributed by atoms with Gasteiger partial charge in [0.25, 0.3) is 0 Å². The van der Waals surface area contributed by atoms with E-state index >= 15 is 0 Å². The van der Waals surface area contributed by atoms with Gasteiger partial charge in [0, 0.05) is 38.8 Å². The third-order valence-corrected chi connectivity index (χ3v) is 4.41. The molecule has 0 spiro atoms. The highest BCUT2D eigenvalue weighted by atomic mass is 19.4. The van der Waals surface area contributed by atoms with Gasteiger partial charge in [0.1, 0.15) is 0 Å². The quantitative estimate of drug-likeness (QED) is 0.883. The number of nitrogens with zero attached hydrogens (tertiary/aromatic N) is 3. The fraction of sp³-hybridized carbons (Fsp3) is 0.444. The molecule has 1 N–H and O–H groups in total. The second-order valence-electron chi connectivity index (χ2n) is 6.55. The number of benzene rings is 1. The fourth-order valence-electron chi connectivity index (χ4n) is 2.97. The van der Waals surface area contributed by atoms with Crippen LogP contribution in [0.4, 0.5) is 18.0 Å². The fourth-order valence-corrected chi connectivity index (χ4v) is 2.97. The zero-order chi connectivity index (χ0) is 19.4. The van der Waals surface area contributed by atoms with Crippen molar-refractivity contribution in [2.24, 2.45) is 0 Å². The number of aryl methyl sites for hydroxylation is 1. The van der Waals surface area contributed by atoms with Crippen LogP contribution in [-0.2, 0) is 19.3 Å². The van der Waals surface area contributed by atoms with Crippen LogP contribution in [0.15, 0.2) is 34.9 Å². The van der Waals surface area contributed by atoms with Gasteiger partial charge in [0.05, 0.1) is 17.8 Å². The number of hydrogen-bond donors (Lipinski definition) is 1. The van der Waals surface area contributed by atoms with Crippen LogP contribution in [0.25, 0.3) is 0 Å². The molecule has 0 aliphatic carbocycles. The molecular formula is C18H21F3N4O2. The standard InChI is InChI=1S/C18H21F3N4O2/c1-13-9-16(27-23-13)12-24-5-7-25(8-6-24)17(26)22-11-14-3-2-4-15(10-14)18(19,20)21/h2-4,9-10H,5-8,11-12H2,1H3,(H,22,26). The summed E-state index contributed by atoms with van der Waals surface area (Å²) >= 11 is 0. The Morgan fingerprint density at radius 3 is 2.59 bits per heavy atom. The lowest BCUT2D eigenvalue weighted by molar-refractivity contribution is -0.137. The Bertz CT molecular complexity index is 783. The molecule has 146 valence electrons. The predicted molar refractivity (Wildman–Crippen MR) is 91.8 cm³/mol. The summed E-state index contributed by atoms with van der Waals surface area (Å²) in [5.41, 5.74) is 0.528. The van der Waals surface area contributed by atoms with E-state index in [4.69, 9.17) is 4.52 Å². The van der Waals surface area contributed by atoms with Gasteiger partial charge < -0.3 is 14.7 Å². The van der Waals surface area contributed by atoms with Crippen LogP contribution >= 0.6 is 0 Å². The van der Waals surface area contributed by atoms with Crippen molar-refractivity contribution < 1.29 is 22.5 Å². The van der Waals surface area contributed by atoms with E-state index in [0.717, 1.165) is 23.6 Å². The van der Waals surface area contributed by atoms with Crippen molar-refractivity contribution >= 4 is 6.03 Å². The van der Waals surface area contributed by atoms with E-state index in [9.17, 15) is 18.0 Å². The van der Waals surface area contributed by atoms with Crippen LogP contribution in [0.3, 0.4) is 0 Å². The van der Waals surface area contributed by atoms with Gasteiger partial charge in [-0.25, -0.2) is 4.79 Å². The highest BCUT2D eigenvalue weighted by molar-refractivity contribution is 5.74. The van der Waals surface area contributed by atoms with Crippen LogP contribution in [0, 0.1) is 6.92 Å². The Balaban J connectivity index is 1.46. The molecule has 1 aliphatic heterocycles. The van der Waals surface area contributed by atoms with Crippen LogP contribution < -0.4 is 5.32 Å². The first-order chi connectivity index (χ1) is 12.8. The number of aromatic nitrogens is 1. The Morgan fingerprint density at radius 1 is 1.22 bits per heavy atom. The van der Waals surface area contributed by atoms with Gasteiger partial charge in [0.2, 0.25) is 0 Å². The molecule has 3 rings (SSSR count). The summed E-state index contributed by atoms with van der Waals surface area (Å²) in [7, 11) is 0. The molecule has 0 radical (unpaired) electrons. The number of rotatable bonds is 4. The summed E-state index contributed by atoms with van der Waals surface area (Å²) in [6, 6.07) is 6.58. The molecule has 0 atom stereocenters. The zero-order valence-corrected chi connectivity index (χ0v) is 14.9. The smallest absolute Gasteiger partial charge is 0.360 e. The lowest BCUT2D eigenvalue weighted by atomic mass is 10.1. The minimum Gasteiger partial charge on any atom is -0.360 e. The summed E-state index contributed by atoms with van der Waals surface area (Å²) in [4.78, 5) is 16.1. The summed E-state index contributed by atoms with van der Waals surface area (Å²) in [6.07, 6.45) is -4.39. The largest absolute Gasteiger partial charge is 0.416 e. The van der Waals surface area contributed by atoms with Gasteiger partial charge >= 0.3 is 12.2 Å². The number of halogens is 3. The Kier molecular flexibility index (Phi) is 5.69. The monoisotopic (exact) mass is 382 g/mol. The van der Waals surface area contributed by atoms with E-state index in [0.29, 0.717) is 38.3 Å². The normalized spacial score (nSPS) is 15.8. The van der Waals surface area contributed by atoms with Gasteiger partial charge in [-0.3, -0.25) is 4.90 Å². The zero-order valence-electron chi connectivity index (χ0n) is 14.9. The maximum Gasteiger partial charge on any atom is 0.416 e. The van der Waals surface area contributed by atoms with Crippen LogP contribution in [0.1, 0.15) is 22.6 Å². The van der Waals surface area contributed by atoms with Crippen LogP contribution in [0.5, 0.6) is 0 Å². The lowest BCUT2D eigenvalue weighted by Gasteiger charge is -2.34. The first-order valence-electron chi connectivity index (χ1n) is 8.65. The third-order valence-electron chi connectivity index (χ3n) is 4.41. The van der Waals surface area contributed by atoms with Crippen LogP contribution in [0.2, 0.25) is 0 Å². The molecule has 1 saturated heterocycles. The van der Waals surface area contributed by atoms with Gasteiger partial charge in [-0.1, -0.05) is 17.3 Å². The molecule has 1 fully saturated rings. The minimum atomic E-state index is -4.39. The van der Waals surface area contributed by atoms with E-state index in [2.05, 4.69) is 15.4 Å². The Labute approximate surface area is 154 Å². The highest BCUT2D eigenvalue weighted by Crippen LogP contribution is 2.29. The van der Waals surface area contributed by atoms with Gasteiger partial charge in [-0.2, -0.15) is 13.2 Å². The number of carbonyl (C=O) groups is 1. The highest BCUT2D eigenvalue weighted by Gasteiger charge is 2.30. The number of amides is 2. The molecule has 27 heavy (non-hydrogen) atoms. The van der Waals surface area contributed by atoms with Crippen molar-refractivity contribution in [3.63, 3.8) is 0 Å². The summed E-state index contributed by atoms with van der Waals surface area (Å²) in [5, 5.41) is 6.54. The number of alkyl halides is 3. The predicted octanol–water partition coefficient (Wildman–Crippen LogP) is 3.03. The van der Waals surface area contributed by atoms with E-state index in [1.54, 1.807) is 11.0 Å². The van der Waals surface area contributed by atoms with Crippen molar-refractivity contribution in [1.29, 1.82) is 0 Å². The van der Waals surface area contributed by atoms with E-state index in [1.807, 2.05) is 13.0 Å². The molecule has 2 aromatic rings. The Hall–Kier alpha value is -2.55. The number of nitrogens with one attached hydrogen (secondary N) is 1. The molecule has 0 unspecified atom stereocenters. The van der Waals surface area contributed by atoms with E-state index in [1.165, 1.54) is 6.07 Å². The number of urea groups is 1. The first-order valence-corrected chi connectivity index (χ1v) is 8.65. The average molecular weight is 382 g/mol.